The van der Waals surface area contributed by atoms with Crippen molar-refractivity contribution in [2.75, 3.05) is 20.2 Å². The van der Waals surface area contributed by atoms with Crippen LogP contribution in [-0.4, -0.2) is 37.0 Å². The molecule has 0 bridgehead atoms. The Labute approximate surface area is 114 Å². The molecule has 1 aliphatic rings. The van der Waals surface area contributed by atoms with Crippen LogP contribution in [0.1, 0.15) is 25.3 Å². The van der Waals surface area contributed by atoms with Crippen molar-refractivity contribution in [2.45, 2.75) is 32.4 Å². The first kappa shape index (κ1) is 13.9. The van der Waals surface area contributed by atoms with E-state index in [2.05, 4.69) is 12.2 Å². The van der Waals surface area contributed by atoms with E-state index >= 15 is 0 Å². The molecule has 1 aromatic rings. The Hall–Kier alpha value is -1.55. The van der Waals surface area contributed by atoms with Gasteiger partial charge in [-0.05, 0) is 37.1 Å². The smallest absolute Gasteiger partial charge is 0.260 e. The van der Waals surface area contributed by atoms with E-state index in [-0.39, 0.29) is 12.5 Å². The summed E-state index contributed by atoms with van der Waals surface area (Å²) in [5.74, 6) is 0.813. The summed E-state index contributed by atoms with van der Waals surface area (Å²) in [5, 5.41) is 3.27. The second-order valence-electron chi connectivity index (χ2n) is 4.95. The Bertz CT molecular complexity index is 430. The summed E-state index contributed by atoms with van der Waals surface area (Å²) in [5.41, 5.74) is 1.17. The minimum atomic E-state index is 0.0552. The lowest BCUT2D eigenvalue weighted by Gasteiger charge is -2.16. The van der Waals surface area contributed by atoms with E-state index in [4.69, 9.17) is 4.74 Å². The molecule has 0 unspecified atom stereocenters. The molecule has 1 N–H and O–H groups in total. The quantitative estimate of drug-likeness (QED) is 0.814. The number of amides is 1. The third-order valence-corrected chi connectivity index (χ3v) is 3.33. The molecule has 104 valence electrons. The molecule has 1 aliphatic carbocycles. The average molecular weight is 262 g/mol. The highest BCUT2D eigenvalue weighted by Crippen LogP contribution is 2.25. The Morgan fingerprint density at radius 3 is 2.95 bits per heavy atom. The fraction of sp³-hybridized carbons (Fsp3) is 0.533. The third-order valence-electron chi connectivity index (χ3n) is 3.33. The van der Waals surface area contributed by atoms with Gasteiger partial charge in [0.05, 0.1) is 0 Å². The lowest BCUT2D eigenvalue weighted by atomic mass is 10.2. The molecule has 1 amide bonds. The molecular formula is C15H22N2O2. The predicted molar refractivity (Wildman–Crippen MR) is 75.1 cm³/mol. The maximum atomic E-state index is 11.8. The van der Waals surface area contributed by atoms with Gasteiger partial charge >= 0.3 is 0 Å². The van der Waals surface area contributed by atoms with Gasteiger partial charge in [-0.25, -0.2) is 0 Å². The molecule has 1 saturated carbocycles. The Morgan fingerprint density at radius 1 is 1.47 bits per heavy atom. The largest absolute Gasteiger partial charge is 0.484 e. The maximum Gasteiger partial charge on any atom is 0.260 e. The van der Waals surface area contributed by atoms with Crippen LogP contribution >= 0.6 is 0 Å². The Morgan fingerprint density at radius 2 is 2.26 bits per heavy atom. The number of rotatable bonds is 7. The molecule has 1 aromatic carbocycles. The van der Waals surface area contributed by atoms with E-state index in [0.717, 1.165) is 31.7 Å². The number of carbonyl (C=O) groups excluding carboxylic acids is 1. The summed E-state index contributed by atoms with van der Waals surface area (Å²) < 4.78 is 5.57. The van der Waals surface area contributed by atoms with Crippen LogP contribution < -0.4 is 10.1 Å². The average Bonchev–Trinajstić information content (AvgIpc) is 3.26. The topological polar surface area (TPSA) is 41.6 Å². The molecule has 4 heteroatoms. The summed E-state index contributed by atoms with van der Waals surface area (Å²) in [6, 6.07) is 8.31. The number of carbonyl (C=O) groups is 1. The molecule has 0 heterocycles. The molecule has 4 nitrogen and oxygen atoms in total. The summed E-state index contributed by atoms with van der Waals surface area (Å²) in [7, 11) is 1.85. The van der Waals surface area contributed by atoms with Crippen LogP contribution in [0.15, 0.2) is 24.3 Å². The van der Waals surface area contributed by atoms with Gasteiger partial charge in [0.25, 0.3) is 5.91 Å². The van der Waals surface area contributed by atoms with E-state index in [1.165, 1.54) is 5.56 Å². The van der Waals surface area contributed by atoms with E-state index in [1.54, 1.807) is 4.90 Å². The molecule has 0 atom stereocenters. The lowest BCUT2D eigenvalue weighted by Crippen LogP contribution is -2.33. The van der Waals surface area contributed by atoms with Gasteiger partial charge in [-0.3, -0.25) is 4.79 Å². The number of likely N-dealkylation sites (N-methyl/N-ethyl adjacent to an activating group) is 1. The van der Waals surface area contributed by atoms with E-state index < -0.39 is 0 Å². The van der Waals surface area contributed by atoms with Gasteiger partial charge in [0, 0.05) is 19.6 Å². The van der Waals surface area contributed by atoms with Crippen LogP contribution in [0.3, 0.4) is 0 Å². The van der Waals surface area contributed by atoms with Gasteiger partial charge in [-0.15, -0.1) is 0 Å². The number of ether oxygens (including phenoxy) is 1. The zero-order valence-corrected chi connectivity index (χ0v) is 11.7. The third kappa shape index (κ3) is 4.24. The van der Waals surface area contributed by atoms with Crippen molar-refractivity contribution in [3.8, 4) is 5.75 Å². The summed E-state index contributed by atoms with van der Waals surface area (Å²) in [6.07, 6.45) is 2.25. The first-order valence-electron chi connectivity index (χ1n) is 6.89. The van der Waals surface area contributed by atoms with Gasteiger partial charge in [0.15, 0.2) is 6.61 Å². The normalized spacial score (nSPS) is 14.2. The van der Waals surface area contributed by atoms with Gasteiger partial charge < -0.3 is 15.0 Å². The Kier molecular flexibility index (Phi) is 4.80. The zero-order valence-electron chi connectivity index (χ0n) is 11.7. The first-order valence-corrected chi connectivity index (χ1v) is 6.89. The van der Waals surface area contributed by atoms with Gasteiger partial charge in [0.1, 0.15) is 5.75 Å². The molecule has 0 saturated heterocycles. The molecule has 0 aliphatic heterocycles. The van der Waals surface area contributed by atoms with E-state index in [1.807, 2.05) is 31.3 Å². The number of nitrogens with zero attached hydrogens (tertiary/aromatic N) is 1. The van der Waals surface area contributed by atoms with Crippen molar-refractivity contribution in [2.24, 2.45) is 0 Å². The Balaban J connectivity index is 1.82. The number of hydrogen-bond donors (Lipinski definition) is 1. The van der Waals surface area contributed by atoms with Crippen LogP contribution in [0.4, 0.5) is 0 Å². The first-order chi connectivity index (χ1) is 9.20. The zero-order chi connectivity index (χ0) is 13.7. The summed E-state index contributed by atoms with van der Waals surface area (Å²) in [6.45, 7) is 3.96. The van der Waals surface area contributed by atoms with Crippen molar-refractivity contribution in [1.82, 2.24) is 10.2 Å². The van der Waals surface area contributed by atoms with E-state index in [9.17, 15) is 4.79 Å². The van der Waals surface area contributed by atoms with Crippen LogP contribution in [0.5, 0.6) is 5.75 Å². The molecule has 19 heavy (non-hydrogen) atoms. The summed E-state index contributed by atoms with van der Waals surface area (Å²) in [4.78, 5) is 13.6. The fourth-order valence-corrected chi connectivity index (χ4v) is 1.93. The SMILES string of the molecule is CCNCc1cccc(OCC(=O)N(C)C2CC2)c1. The minimum Gasteiger partial charge on any atom is -0.484 e. The van der Waals surface area contributed by atoms with Gasteiger partial charge in [-0.1, -0.05) is 19.1 Å². The van der Waals surface area contributed by atoms with Crippen molar-refractivity contribution in [1.29, 1.82) is 0 Å². The van der Waals surface area contributed by atoms with Crippen molar-refractivity contribution in [3.63, 3.8) is 0 Å². The molecule has 0 radical (unpaired) electrons. The maximum absolute atomic E-state index is 11.8. The van der Waals surface area contributed by atoms with Gasteiger partial charge in [-0.2, -0.15) is 0 Å². The standard InChI is InChI=1S/C15H22N2O2/c1-3-16-10-12-5-4-6-14(9-12)19-11-15(18)17(2)13-7-8-13/h4-6,9,13,16H,3,7-8,10-11H2,1-2H3. The highest BCUT2D eigenvalue weighted by molar-refractivity contribution is 5.78. The lowest BCUT2D eigenvalue weighted by molar-refractivity contribution is -0.132. The minimum absolute atomic E-state index is 0.0552. The monoisotopic (exact) mass is 262 g/mol. The fourth-order valence-electron chi connectivity index (χ4n) is 1.93. The summed E-state index contributed by atoms with van der Waals surface area (Å²) >= 11 is 0. The van der Waals surface area contributed by atoms with Crippen LogP contribution in [0.2, 0.25) is 0 Å². The number of nitrogens with one attached hydrogen (secondary N) is 1. The van der Waals surface area contributed by atoms with Crippen molar-refractivity contribution >= 4 is 5.91 Å². The highest BCUT2D eigenvalue weighted by Gasteiger charge is 2.29. The van der Waals surface area contributed by atoms with E-state index in [0.29, 0.717) is 6.04 Å². The highest BCUT2D eigenvalue weighted by atomic mass is 16.5. The molecule has 1 fully saturated rings. The predicted octanol–water partition coefficient (Wildman–Crippen LogP) is 1.80. The van der Waals surface area contributed by atoms with Gasteiger partial charge in [0.2, 0.25) is 0 Å². The molecular weight excluding hydrogens is 240 g/mol. The van der Waals surface area contributed by atoms with Crippen LogP contribution in [0.25, 0.3) is 0 Å². The molecule has 2 rings (SSSR count). The second kappa shape index (κ2) is 6.57. The van der Waals surface area contributed by atoms with Crippen molar-refractivity contribution in [3.05, 3.63) is 29.8 Å². The number of benzene rings is 1. The molecule has 0 aromatic heterocycles. The van der Waals surface area contributed by atoms with Crippen molar-refractivity contribution < 1.29 is 9.53 Å². The van der Waals surface area contributed by atoms with Crippen LogP contribution in [0, 0.1) is 0 Å². The molecule has 0 spiro atoms. The van der Waals surface area contributed by atoms with Crippen LogP contribution in [-0.2, 0) is 11.3 Å². The number of hydrogen-bond acceptors (Lipinski definition) is 3. The second-order valence-corrected chi connectivity index (χ2v) is 4.95.